The zero-order valence-corrected chi connectivity index (χ0v) is 16.5. The second kappa shape index (κ2) is 7.75. The van der Waals surface area contributed by atoms with Gasteiger partial charge in [-0.1, -0.05) is 37.3 Å². The lowest BCUT2D eigenvalue weighted by Gasteiger charge is -2.34. The summed E-state index contributed by atoms with van der Waals surface area (Å²) >= 11 is 0. The molecule has 2 aromatic carbocycles. The van der Waals surface area contributed by atoms with Gasteiger partial charge in [-0.05, 0) is 31.2 Å². The van der Waals surface area contributed by atoms with Gasteiger partial charge in [0.25, 0.3) is 0 Å². The van der Waals surface area contributed by atoms with Crippen LogP contribution in [0.25, 0.3) is 22.1 Å². The highest BCUT2D eigenvalue weighted by atomic mass is 16.5. The summed E-state index contributed by atoms with van der Waals surface area (Å²) in [5, 5.41) is 1.12. The normalized spacial score (nSPS) is 16.1. The zero-order chi connectivity index (χ0) is 18.8. The van der Waals surface area contributed by atoms with Crippen molar-refractivity contribution in [2.24, 2.45) is 0 Å². The Labute approximate surface area is 161 Å². The van der Waals surface area contributed by atoms with E-state index in [2.05, 4.69) is 53.1 Å². The molecule has 3 aromatic rings. The van der Waals surface area contributed by atoms with Gasteiger partial charge in [-0.15, -0.1) is 0 Å². The molecule has 0 aliphatic carbocycles. The maximum Gasteiger partial charge on any atom is 0.135 e. The number of furan rings is 1. The standard InChI is InChI=1S/C23H28N2O2/c1-4-24-10-12-25(13-11-24)16-19-14-22-20(15-21(19)26-3)23(17(2)27-22)18-8-6-5-7-9-18/h5-9,14-15H,4,10-13,16H2,1-3H3. The van der Waals surface area contributed by atoms with Gasteiger partial charge in [0.05, 0.1) is 7.11 Å². The van der Waals surface area contributed by atoms with E-state index in [1.165, 1.54) is 11.1 Å². The molecule has 1 aliphatic rings. The lowest BCUT2D eigenvalue weighted by atomic mass is 10.0. The molecule has 2 heterocycles. The number of aryl methyl sites for hydroxylation is 1. The average molecular weight is 364 g/mol. The molecule has 1 aliphatic heterocycles. The largest absolute Gasteiger partial charge is 0.496 e. The lowest BCUT2D eigenvalue weighted by Crippen LogP contribution is -2.45. The number of methoxy groups -OCH3 is 1. The number of piperazine rings is 1. The quantitative estimate of drug-likeness (QED) is 0.664. The second-order valence-corrected chi connectivity index (χ2v) is 7.27. The second-order valence-electron chi connectivity index (χ2n) is 7.27. The minimum Gasteiger partial charge on any atom is -0.496 e. The summed E-state index contributed by atoms with van der Waals surface area (Å²) in [7, 11) is 1.76. The summed E-state index contributed by atoms with van der Waals surface area (Å²) < 4.78 is 11.9. The zero-order valence-electron chi connectivity index (χ0n) is 16.5. The van der Waals surface area contributed by atoms with E-state index in [0.29, 0.717) is 0 Å². The minimum absolute atomic E-state index is 0.900. The molecule has 1 fully saturated rings. The lowest BCUT2D eigenvalue weighted by molar-refractivity contribution is 0.131. The number of fused-ring (bicyclic) bond motifs is 1. The van der Waals surface area contributed by atoms with Gasteiger partial charge >= 0.3 is 0 Å². The topological polar surface area (TPSA) is 28.9 Å². The first kappa shape index (κ1) is 18.1. The van der Waals surface area contributed by atoms with Gasteiger partial charge in [-0.2, -0.15) is 0 Å². The van der Waals surface area contributed by atoms with Crippen LogP contribution >= 0.6 is 0 Å². The molecule has 0 radical (unpaired) electrons. The van der Waals surface area contributed by atoms with Gasteiger partial charge in [-0.3, -0.25) is 4.90 Å². The van der Waals surface area contributed by atoms with Crippen LogP contribution in [-0.2, 0) is 6.54 Å². The van der Waals surface area contributed by atoms with Crippen LogP contribution in [0.4, 0.5) is 0 Å². The van der Waals surface area contributed by atoms with Crippen molar-refractivity contribution in [3.8, 4) is 16.9 Å². The molecule has 4 rings (SSSR count). The molecular weight excluding hydrogens is 336 g/mol. The number of hydrogen-bond acceptors (Lipinski definition) is 4. The molecule has 1 aromatic heterocycles. The maximum absolute atomic E-state index is 6.13. The van der Waals surface area contributed by atoms with Crippen LogP contribution in [0, 0.1) is 6.92 Å². The SMILES string of the molecule is CCN1CCN(Cc2cc3oc(C)c(-c4ccccc4)c3cc2OC)CC1. The van der Waals surface area contributed by atoms with Crippen molar-refractivity contribution in [1.29, 1.82) is 0 Å². The first-order chi connectivity index (χ1) is 13.2. The van der Waals surface area contributed by atoms with E-state index < -0.39 is 0 Å². The first-order valence-corrected chi connectivity index (χ1v) is 9.79. The molecule has 0 atom stereocenters. The molecule has 27 heavy (non-hydrogen) atoms. The highest BCUT2D eigenvalue weighted by molar-refractivity contribution is 5.97. The van der Waals surface area contributed by atoms with Crippen molar-refractivity contribution in [2.75, 3.05) is 39.8 Å². The van der Waals surface area contributed by atoms with Gasteiger partial charge in [0.1, 0.15) is 17.1 Å². The molecule has 0 N–H and O–H groups in total. The molecular formula is C23H28N2O2. The Hall–Kier alpha value is -2.30. The van der Waals surface area contributed by atoms with E-state index in [-0.39, 0.29) is 0 Å². The van der Waals surface area contributed by atoms with Gasteiger partial charge in [0.2, 0.25) is 0 Å². The van der Waals surface area contributed by atoms with E-state index in [0.717, 1.165) is 67.3 Å². The van der Waals surface area contributed by atoms with Crippen LogP contribution in [0.5, 0.6) is 5.75 Å². The Morgan fingerprint density at radius 1 is 1.00 bits per heavy atom. The number of benzene rings is 2. The van der Waals surface area contributed by atoms with Crippen molar-refractivity contribution in [3.63, 3.8) is 0 Å². The molecule has 0 unspecified atom stereocenters. The van der Waals surface area contributed by atoms with E-state index in [1.807, 2.05) is 13.0 Å². The van der Waals surface area contributed by atoms with Crippen molar-refractivity contribution in [3.05, 3.63) is 53.8 Å². The van der Waals surface area contributed by atoms with E-state index >= 15 is 0 Å². The third-order valence-electron chi connectivity index (χ3n) is 5.64. The van der Waals surface area contributed by atoms with Gasteiger partial charge in [-0.25, -0.2) is 0 Å². The predicted molar refractivity (Wildman–Crippen MR) is 110 cm³/mol. The molecule has 0 amide bonds. The van der Waals surface area contributed by atoms with E-state index in [4.69, 9.17) is 9.15 Å². The van der Waals surface area contributed by atoms with Crippen LogP contribution in [0.15, 0.2) is 46.9 Å². The smallest absolute Gasteiger partial charge is 0.135 e. The van der Waals surface area contributed by atoms with E-state index in [9.17, 15) is 0 Å². The highest BCUT2D eigenvalue weighted by Crippen LogP contribution is 2.38. The Balaban J connectivity index is 1.67. The Kier molecular flexibility index (Phi) is 5.19. The van der Waals surface area contributed by atoms with Crippen LogP contribution in [0.3, 0.4) is 0 Å². The van der Waals surface area contributed by atoms with Crippen molar-refractivity contribution in [1.82, 2.24) is 9.80 Å². The molecule has 0 spiro atoms. The third-order valence-corrected chi connectivity index (χ3v) is 5.64. The molecule has 4 heteroatoms. The summed E-state index contributed by atoms with van der Waals surface area (Å²) in [4.78, 5) is 5.00. The fourth-order valence-electron chi connectivity index (χ4n) is 4.07. The monoisotopic (exact) mass is 364 g/mol. The summed E-state index contributed by atoms with van der Waals surface area (Å²) in [5.41, 5.74) is 4.48. The molecule has 142 valence electrons. The van der Waals surface area contributed by atoms with Crippen molar-refractivity contribution < 1.29 is 9.15 Å². The van der Waals surface area contributed by atoms with Crippen LogP contribution in [0.2, 0.25) is 0 Å². The third kappa shape index (κ3) is 3.60. The molecule has 1 saturated heterocycles. The van der Waals surface area contributed by atoms with Crippen molar-refractivity contribution in [2.45, 2.75) is 20.4 Å². The molecule has 0 bridgehead atoms. The van der Waals surface area contributed by atoms with Crippen LogP contribution in [-0.4, -0.2) is 49.6 Å². The number of hydrogen-bond donors (Lipinski definition) is 0. The number of rotatable bonds is 5. The summed E-state index contributed by atoms with van der Waals surface area (Å²) in [5.74, 6) is 1.89. The number of ether oxygens (including phenoxy) is 1. The Morgan fingerprint density at radius 2 is 1.70 bits per heavy atom. The van der Waals surface area contributed by atoms with Crippen LogP contribution < -0.4 is 4.74 Å². The molecule has 0 saturated carbocycles. The van der Waals surface area contributed by atoms with Gasteiger partial charge < -0.3 is 14.1 Å². The fraction of sp³-hybridized carbons (Fsp3) is 0.391. The number of likely N-dealkylation sites (N-methyl/N-ethyl adjacent to an activating group) is 1. The average Bonchev–Trinajstić information content (AvgIpc) is 3.03. The first-order valence-electron chi connectivity index (χ1n) is 9.79. The van der Waals surface area contributed by atoms with Gasteiger partial charge in [0, 0.05) is 49.2 Å². The summed E-state index contributed by atoms with van der Waals surface area (Å²) in [6.07, 6.45) is 0. The fourth-order valence-corrected chi connectivity index (χ4v) is 4.07. The van der Waals surface area contributed by atoms with Gasteiger partial charge in [0.15, 0.2) is 0 Å². The maximum atomic E-state index is 6.13. The molecule has 4 nitrogen and oxygen atoms in total. The minimum atomic E-state index is 0.900. The van der Waals surface area contributed by atoms with Crippen LogP contribution in [0.1, 0.15) is 18.2 Å². The Morgan fingerprint density at radius 3 is 2.37 bits per heavy atom. The summed E-state index contributed by atoms with van der Waals surface area (Å²) in [6, 6.07) is 14.7. The predicted octanol–water partition coefficient (Wildman–Crippen LogP) is 4.55. The number of nitrogens with zero attached hydrogens (tertiary/aromatic N) is 2. The Bertz CT molecular complexity index is 909. The van der Waals surface area contributed by atoms with E-state index in [1.54, 1.807) is 7.11 Å². The van der Waals surface area contributed by atoms with Crippen molar-refractivity contribution >= 4 is 11.0 Å². The summed E-state index contributed by atoms with van der Waals surface area (Å²) in [6.45, 7) is 10.8. The highest BCUT2D eigenvalue weighted by Gasteiger charge is 2.20.